The van der Waals surface area contributed by atoms with Gasteiger partial charge in [-0.05, 0) is 57.2 Å². The monoisotopic (exact) mass is 413 g/mol. The molecule has 0 saturated carbocycles. The first-order valence-corrected chi connectivity index (χ1v) is 13.3. The van der Waals surface area contributed by atoms with E-state index in [1.165, 1.54) is 108 Å². The average Bonchev–Trinajstić information content (AvgIpc) is 2.77. The Balaban J connectivity index is 2.34. The second-order valence-electron chi connectivity index (χ2n) is 8.96. The molecule has 1 heteroatoms. The lowest BCUT2D eigenvalue weighted by atomic mass is 9.98. The number of hydrogen-bond donors (Lipinski definition) is 0. The smallest absolute Gasteiger partial charge is 0.0366 e. The highest BCUT2D eigenvalue weighted by molar-refractivity contribution is 5.58. The van der Waals surface area contributed by atoms with Crippen LogP contribution in [0.4, 0.5) is 5.69 Å². The topological polar surface area (TPSA) is 3.24 Å². The van der Waals surface area contributed by atoms with E-state index in [1.807, 2.05) is 0 Å². The number of benzene rings is 1. The summed E-state index contributed by atoms with van der Waals surface area (Å²) in [6.07, 6.45) is 23.3. The zero-order chi connectivity index (χ0) is 21.9. The first-order valence-electron chi connectivity index (χ1n) is 13.3. The van der Waals surface area contributed by atoms with E-state index in [-0.39, 0.29) is 0 Å². The molecule has 0 aliphatic carbocycles. The van der Waals surface area contributed by atoms with Crippen LogP contribution in [0.15, 0.2) is 29.8 Å². The lowest BCUT2D eigenvalue weighted by Gasteiger charge is -2.21. The summed E-state index contributed by atoms with van der Waals surface area (Å²) in [5.41, 5.74) is 4.38. The minimum atomic E-state index is 1.08. The molecule has 0 unspecified atom stereocenters. The molecular weight excluding hydrogens is 362 g/mol. The largest absolute Gasteiger partial charge is 0.372 e. The number of unbranched alkanes of at least 4 members (excludes halogenated alkanes) is 11. The fourth-order valence-electron chi connectivity index (χ4n) is 4.30. The molecule has 172 valence electrons. The minimum absolute atomic E-state index is 1.08. The SMILES string of the molecule is CCCCCCCCCCCCCC(=Cc1ccc(N(CC)CC)cc1)CCCC. The maximum Gasteiger partial charge on any atom is 0.0366 e. The molecule has 0 N–H and O–H groups in total. The number of anilines is 1. The Morgan fingerprint density at radius 3 is 1.57 bits per heavy atom. The van der Waals surface area contributed by atoms with E-state index < -0.39 is 0 Å². The maximum absolute atomic E-state index is 2.47. The average molecular weight is 414 g/mol. The predicted molar refractivity (Wildman–Crippen MR) is 139 cm³/mol. The Kier molecular flexibility index (Phi) is 16.5. The van der Waals surface area contributed by atoms with Crippen LogP contribution in [-0.4, -0.2) is 13.1 Å². The van der Waals surface area contributed by atoms with Gasteiger partial charge in [0.25, 0.3) is 0 Å². The quantitative estimate of drug-likeness (QED) is 0.204. The van der Waals surface area contributed by atoms with Crippen molar-refractivity contribution >= 4 is 11.8 Å². The van der Waals surface area contributed by atoms with Gasteiger partial charge in [0.2, 0.25) is 0 Å². The first-order chi connectivity index (χ1) is 14.7. The maximum atomic E-state index is 2.47. The van der Waals surface area contributed by atoms with Crippen molar-refractivity contribution in [1.29, 1.82) is 0 Å². The zero-order valence-corrected chi connectivity index (χ0v) is 20.9. The molecule has 0 radical (unpaired) electrons. The van der Waals surface area contributed by atoms with Gasteiger partial charge in [-0.2, -0.15) is 0 Å². The van der Waals surface area contributed by atoms with Crippen LogP contribution in [0.2, 0.25) is 0 Å². The number of nitrogens with zero attached hydrogens (tertiary/aromatic N) is 1. The number of hydrogen-bond acceptors (Lipinski definition) is 1. The summed E-state index contributed by atoms with van der Waals surface area (Å²) < 4.78 is 0. The van der Waals surface area contributed by atoms with Crippen LogP contribution < -0.4 is 4.90 Å². The van der Waals surface area contributed by atoms with Crippen molar-refractivity contribution in [1.82, 2.24) is 0 Å². The van der Waals surface area contributed by atoms with Crippen LogP contribution >= 0.6 is 0 Å². The molecule has 0 aliphatic heterocycles. The Morgan fingerprint density at radius 1 is 0.600 bits per heavy atom. The van der Waals surface area contributed by atoms with E-state index in [0.717, 1.165) is 13.1 Å². The molecule has 0 aliphatic rings. The molecule has 0 bridgehead atoms. The van der Waals surface area contributed by atoms with Gasteiger partial charge in [-0.25, -0.2) is 0 Å². The minimum Gasteiger partial charge on any atom is -0.372 e. The Hall–Kier alpha value is -1.24. The number of rotatable bonds is 19. The van der Waals surface area contributed by atoms with Crippen molar-refractivity contribution in [2.24, 2.45) is 0 Å². The van der Waals surface area contributed by atoms with Crippen molar-refractivity contribution in [2.75, 3.05) is 18.0 Å². The van der Waals surface area contributed by atoms with E-state index in [1.54, 1.807) is 5.57 Å². The molecule has 1 nitrogen and oxygen atoms in total. The van der Waals surface area contributed by atoms with Crippen LogP contribution in [0.5, 0.6) is 0 Å². The molecule has 30 heavy (non-hydrogen) atoms. The van der Waals surface area contributed by atoms with E-state index in [0.29, 0.717) is 0 Å². The van der Waals surface area contributed by atoms with Crippen molar-refractivity contribution < 1.29 is 0 Å². The van der Waals surface area contributed by atoms with Gasteiger partial charge in [-0.3, -0.25) is 0 Å². The second kappa shape index (κ2) is 18.5. The second-order valence-corrected chi connectivity index (χ2v) is 8.96. The highest BCUT2D eigenvalue weighted by atomic mass is 15.1. The van der Waals surface area contributed by atoms with Crippen molar-refractivity contribution in [3.05, 3.63) is 35.4 Å². The summed E-state index contributed by atoms with van der Waals surface area (Å²) in [5.74, 6) is 0. The van der Waals surface area contributed by atoms with Gasteiger partial charge >= 0.3 is 0 Å². The highest BCUT2D eigenvalue weighted by Gasteiger charge is 2.03. The third-order valence-corrected chi connectivity index (χ3v) is 6.35. The zero-order valence-electron chi connectivity index (χ0n) is 20.9. The summed E-state index contributed by atoms with van der Waals surface area (Å²) in [5, 5.41) is 0. The third-order valence-electron chi connectivity index (χ3n) is 6.35. The van der Waals surface area contributed by atoms with E-state index in [9.17, 15) is 0 Å². The Labute approximate surface area is 189 Å². The van der Waals surface area contributed by atoms with Crippen LogP contribution in [0.25, 0.3) is 6.08 Å². The van der Waals surface area contributed by atoms with Crippen LogP contribution in [-0.2, 0) is 0 Å². The molecular formula is C29H51N. The van der Waals surface area contributed by atoms with Crippen molar-refractivity contribution in [2.45, 2.75) is 124 Å². The normalized spacial score (nSPS) is 11.8. The molecule has 0 spiro atoms. The predicted octanol–water partition coefficient (Wildman–Crippen LogP) is 9.81. The van der Waals surface area contributed by atoms with Crippen LogP contribution in [0.1, 0.15) is 130 Å². The molecule has 0 amide bonds. The van der Waals surface area contributed by atoms with Gasteiger partial charge in [-0.15, -0.1) is 0 Å². The molecule has 0 aromatic heterocycles. The van der Waals surface area contributed by atoms with Gasteiger partial charge in [0, 0.05) is 18.8 Å². The van der Waals surface area contributed by atoms with Gasteiger partial charge in [0.1, 0.15) is 0 Å². The molecule has 0 saturated heterocycles. The van der Waals surface area contributed by atoms with Crippen LogP contribution in [0, 0.1) is 0 Å². The van der Waals surface area contributed by atoms with E-state index >= 15 is 0 Å². The molecule has 0 atom stereocenters. The summed E-state index contributed by atoms with van der Waals surface area (Å²) in [7, 11) is 0. The van der Waals surface area contributed by atoms with Gasteiger partial charge in [0.05, 0.1) is 0 Å². The molecule has 0 heterocycles. The third kappa shape index (κ3) is 12.5. The fourth-order valence-corrected chi connectivity index (χ4v) is 4.30. The Bertz CT molecular complexity index is 524. The Morgan fingerprint density at radius 2 is 1.07 bits per heavy atom. The summed E-state index contributed by atoms with van der Waals surface area (Å²) in [6, 6.07) is 9.19. The van der Waals surface area contributed by atoms with Gasteiger partial charge < -0.3 is 4.90 Å². The molecule has 1 rings (SSSR count). The van der Waals surface area contributed by atoms with E-state index in [4.69, 9.17) is 0 Å². The first kappa shape index (κ1) is 26.8. The summed E-state index contributed by atoms with van der Waals surface area (Å²) >= 11 is 0. The van der Waals surface area contributed by atoms with Gasteiger partial charge in [0.15, 0.2) is 0 Å². The molecule has 0 fully saturated rings. The highest BCUT2D eigenvalue weighted by Crippen LogP contribution is 2.22. The van der Waals surface area contributed by atoms with Gasteiger partial charge in [-0.1, -0.05) is 108 Å². The molecule has 1 aromatic carbocycles. The number of allylic oxidation sites excluding steroid dienone is 1. The standard InChI is InChI=1S/C29H51N/c1-5-9-11-12-13-14-15-16-17-18-19-21-27(20-10-6-2)26-28-22-24-29(25-23-28)30(7-3)8-4/h22-26H,5-21H2,1-4H3. The van der Waals surface area contributed by atoms with E-state index in [2.05, 4.69) is 62.9 Å². The summed E-state index contributed by atoms with van der Waals surface area (Å²) in [4.78, 5) is 2.41. The van der Waals surface area contributed by atoms with Crippen LogP contribution in [0.3, 0.4) is 0 Å². The van der Waals surface area contributed by atoms with Crippen molar-refractivity contribution in [3.63, 3.8) is 0 Å². The lowest BCUT2D eigenvalue weighted by Crippen LogP contribution is -2.21. The summed E-state index contributed by atoms with van der Waals surface area (Å²) in [6.45, 7) is 11.2. The molecule has 1 aromatic rings. The lowest BCUT2D eigenvalue weighted by molar-refractivity contribution is 0.548. The van der Waals surface area contributed by atoms with Crippen molar-refractivity contribution in [3.8, 4) is 0 Å². The fraction of sp³-hybridized carbons (Fsp3) is 0.724.